The predicted molar refractivity (Wildman–Crippen MR) is 113 cm³/mol. The molecule has 0 aliphatic heterocycles. The molecule has 0 unspecified atom stereocenters. The fourth-order valence-corrected chi connectivity index (χ4v) is 3.40. The predicted octanol–water partition coefficient (Wildman–Crippen LogP) is 5.65. The van der Waals surface area contributed by atoms with Gasteiger partial charge >= 0.3 is 10.4 Å². The van der Waals surface area contributed by atoms with E-state index in [9.17, 15) is 13.2 Å². The third-order valence-corrected chi connectivity index (χ3v) is 5.31. The fourth-order valence-electron chi connectivity index (χ4n) is 3.12. The highest BCUT2D eigenvalue weighted by Gasteiger charge is 2.02. The zero-order valence-corrected chi connectivity index (χ0v) is 18.6. The van der Waals surface area contributed by atoms with Crippen LogP contribution in [0.1, 0.15) is 110 Å². The summed E-state index contributed by atoms with van der Waals surface area (Å²) in [5.41, 5.74) is 0. The van der Waals surface area contributed by atoms with Crippen LogP contribution in [0.15, 0.2) is 0 Å². The summed E-state index contributed by atoms with van der Waals surface area (Å²) in [6.07, 6.45) is 18.9. The molecular formula is C21H42O6S. The van der Waals surface area contributed by atoms with E-state index in [4.69, 9.17) is 9.29 Å². The fraction of sp³-hybridized carbons (Fsp3) is 0.952. The molecule has 0 aromatic heterocycles. The van der Waals surface area contributed by atoms with Gasteiger partial charge in [0, 0.05) is 19.4 Å². The summed E-state index contributed by atoms with van der Waals surface area (Å²) in [6.45, 7) is 2.58. The lowest BCUT2D eigenvalue weighted by molar-refractivity contribution is -0.118. The Bertz CT molecular complexity index is 450. The average molecular weight is 423 g/mol. The molecule has 1 N–H and O–H groups in total. The van der Waals surface area contributed by atoms with Gasteiger partial charge in [0.05, 0.1) is 13.2 Å². The second-order valence-electron chi connectivity index (χ2n) is 7.45. The van der Waals surface area contributed by atoms with E-state index < -0.39 is 10.4 Å². The first kappa shape index (κ1) is 27.5. The van der Waals surface area contributed by atoms with Crippen molar-refractivity contribution in [3.63, 3.8) is 0 Å². The summed E-state index contributed by atoms with van der Waals surface area (Å²) in [4.78, 5) is 11.2. The average Bonchev–Trinajstić information content (AvgIpc) is 2.65. The van der Waals surface area contributed by atoms with Crippen LogP contribution in [0.5, 0.6) is 0 Å². The van der Waals surface area contributed by atoms with Crippen LogP contribution in [-0.4, -0.2) is 38.6 Å². The van der Waals surface area contributed by atoms with Gasteiger partial charge in [-0.15, -0.1) is 0 Å². The molecule has 0 bridgehead atoms. The van der Waals surface area contributed by atoms with Crippen LogP contribution in [0.25, 0.3) is 0 Å². The van der Waals surface area contributed by atoms with E-state index >= 15 is 0 Å². The number of hydrogen-bond acceptors (Lipinski definition) is 5. The van der Waals surface area contributed by atoms with Crippen LogP contribution in [-0.2, 0) is 24.1 Å². The van der Waals surface area contributed by atoms with Crippen LogP contribution in [0, 0.1) is 0 Å². The van der Waals surface area contributed by atoms with Crippen molar-refractivity contribution in [2.75, 3.05) is 19.8 Å². The van der Waals surface area contributed by atoms with E-state index in [1.165, 1.54) is 70.6 Å². The minimum absolute atomic E-state index is 0.140. The van der Waals surface area contributed by atoms with Crippen LogP contribution in [0.2, 0.25) is 0 Å². The van der Waals surface area contributed by atoms with Crippen LogP contribution >= 0.6 is 0 Å². The highest BCUT2D eigenvalue weighted by atomic mass is 32.3. The highest BCUT2D eigenvalue weighted by molar-refractivity contribution is 7.80. The van der Waals surface area contributed by atoms with Crippen LogP contribution < -0.4 is 0 Å². The Morgan fingerprint density at radius 1 is 0.679 bits per heavy atom. The van der Waals surface area contributed by atoms with Gasteiger partial charge in [0.25, 0.3) is 0 Å². The van der Waals surface area contributed by atoms with Gasteiger partial charge in [-0.3, -0.25) is 9.35 Å². The largest absolute Gasteiger partial charge is 0.397 e. The molecule has 0 aliphatic carbocycles. The lowest BCUT2D eigenvalue weighted by atomic mass is 10.0. The van der Waals surface area contributed by atoms with Crippen molar-refractivity contribution in [2.45, 2.75) is 110 Å². The Kier molecular flexibility index (Phi) is 19.4. The van der Waals surface area contributed by atoms with Crippen molar-refractivity contribution < 1.29 is 26.7 Å². The van der Waals surface area contributed by atoms with Crippen molar-refractivity contribution >= 4 is 16.2 Å². The van der Waals surface area contributed by atoms with Gasteiger partial charge in [0.2, 0.25) is 0 Å². The Hall–Kier alpha value is -0.500. The third kappa shape index (κ3) is 23.5. The molecular weight excluding hydrogens is 380 g/mol. The Labute approximate surface area is 172 Å². The summed E-state index contributed by atoms with van der Waals surface area (Å²) >= 11 is 0. The maximum Gasteiger partial charge on any atom is 0.397 e. The third-order valence-electron chi connectivity index (χ3n) is 4.85. The van der Waals surface area contributed by atoms with E-state index in [-0.39, 0.29) is 13.2 Å². The lowest BCUT2D eigenvalue weighted by Gasteiger charge is -2.05. The molecule has 0 aromatic rings. The number of Topliss-reactive ketones (excluding diaryl/α,β-unsaturated/α-hetero) is 1. The SMILES string of the molecule is CCC(=O)CCCCCCCCCCCCCCCCOCCOS(=O)(=O)O. The zero-order valence-electron chi connectivity index (χ0n) is 17.8. The molecule has 0 aromatic carbocycles. The van der Waals surface area contributed by atoms with Gasteiger partial charge in [-0.2, -0.15) is 8.42 Å². The highest BCUT2D eigenvalue weighted by Crippen LogP contribution is 2.13. The smallest absolute Gasteiger partial charge is 0.379 e. The topological polar surface area (TPSA) is 89.9 Å². The number of carbonyl (C=O) groups excluding carboxylic acids is 1. The molecule has 7 heteroatoms. The second-order valence-corrected chi connectivity index (χ2v) is 8.55. The van der Waals surface area contributed by atoms with Crippen molar-refractivity contribution in [3.05, 3.63) is 0 Å². The normalized spacial score (nSPS) is 11.8. The second kappa shape index (κ2) is 19.8. The molecule has 168 valence electrons. The summed E-state index contributed by atoms with van der Waals surface area (Å²) in [5.74, 6) is 0.400. The van der Waals surface area contributed by atoms with E-state index in [0.29, 0.717) is 18.8 Å². The van der Waals surface area contributed by atoms with Gasteiger partial charge in [-0.1, -0.05) is 84.0 Å². The quantitative estimate of drug-likeness (QED) is 0.179. The van der Waals surface area contributed by atoms with Crippen molar-refractivity contribution in [3.8, 4) is 0 Å². The number of unbranched alkanes of at least 4 members (excludes halogenated alkanes) is 13. The van der Waals surface area contributed by atoms with Gasteiger partial charge in [0.1, 0.15) is 5.78 Å². The molecule has 0 aliphatic rings. The minimum Gasteiger partial charge on any atom is -0.379 e. The maximum atomic E-state index is 11.2. The van der Waals surface area contributed by atoms with Crippen molar-refractivity contribution in [2.24, 2.45) is 0 Å². The van der Waals surface area contributed by atoms with Crippen LogP contribution in [0.4, 0.5) is 0 Å². The minimum atomic E-state index is -4.34. The number of carbonyl (C=O) groups is 1. The van der Waals surface area contributed by atoms with Crippen LogP contribution in [0.3, 0.4) is 0 Å². The number of hydrogen-bond donors (Lipinski definition) is 1. The van der Waals surface area contributed by atoms with Gasteiger partial charge in [0.15, 0.2) is 0 Å². The molecule has 0 radical (unpaired) electrons. The molecule has 0 fully saturated rings. The Morgan fingerprint density at radius 2 is 1.11 bits per heavy atom. The first-order valence-electron chi connectivity index (χ1n) is 11.2. The standard InChI is InChI=1S/C21H42O6S/c1-2-21(22)17-15-13-11-9-7-5-3-4-6-8-10-12-14-16-18-26-19-20-27-28(23,24)25/h2-20H2,1H3,(H,23,24,25). The summed E-state index contributed by atoms with van der Waals surface area (Å²) in [6, 6.07) is 0. The zero-order chi connectivity index (χ0) is 20.9. The molecule has 6 nitrogen and oxygen atoms in total. The van der Waals surface area contributed by atoms with Crippen molar-refractivity contribution in [1.82, 2.24) is 0 Å². The molecule has 0 spiro atoms. The Balaban J connectivity index is 3.08. The van der Waals surface area contributed by atoms with Gasteiger partial charge < -0.3 is 4.74 Å². The summed E-state index contributed by atoms with van der Waals surface area (Å²) < 4.78 is 38.4. The molecule has 0 amide bonds. The maximum absolute atomic E-state index is 11.2. The molecule has 0 atom stereocenters. The van der Waals surface area contributed by atoms with E-state index in [2.05, 4.69) is 4.18 Å². The first-order chi connectivity index (χ1) is 13.5. The lowest BCUT2D eigenvalue weighted by Crippen LogP contribution is -2.10. The summed E-state index contributed by atoms with van der Waals surface area (Å²) in [7, 11) is -4.34. The van der Waals surface area contributed by atoms with Gasteiger partial charge in [-0.25, -0.2) is 4.18 Å². The monoisotopic (exact) mass is 422 g/mol. The first-order valence-corrected chi connectivity index (χ1v) is 12.5. The Morgan fingerprint density at radius 3 is 1.54 bits per heavy atom. The molecule has 28 heavy (non-hydrogen) atoms. The molecule has 0 saturated carbocycles. The number of ether oxygens (including phenoxy) is 1. The number of ketones is 1. The van der Waals surface area contributed by atoms with Crippen molar-refractivity contribution in [1.29, 1.82) is 0 Å². The van der Waals surface area contributed by atoms with E-state index in [1.807, 2.05) is 6.92 Å². The van der Waals surface area contributed by atoms with E-state index in [0.717, 1.165) is 25.7 Å². The molecule has 0 saturated heterocycles. The summed E-state index contributed by atoms with van der Waals surface area (Å²) in [5, 5.41) is 0. The van der Waals surface area contributed by atoms with Gasteiger partial charge in [-0.05, 0) is 12.8 Å². The molecule has 0 heterocycles. The van der Waals surface area contributed by atoms with E-state index in [1.54, 1.807) is 0 Å². The molecule has 0 rings (SSSR count). The number of rotatable bonds is 22.